The van der Waals surface area contributed by atoms with E-state index in [9.17, 15) is 4.79 Å². The van der Waals surface area contributed by atoms with Crippen molar-refractivity contribution in [3.8, 4) is 5.82 Å². The predicted molar refractivity (Wildman–Crippen MR) is 90.1 cm³/mol. The van der Waals surface area contributed by atoms with Gasteiger partial charge in [0.1, 0.15) is 12.7 Å². The molecule has 0 unspecified atom stereocenters. The molecule has 128 valence electrons. The van der Waals surface area contributed by atoms with Crippen LogP contribution in [-0.2, 0) is 0 Å². The quantitative estimate of drug-likeness (QED) is 0.783. The van der Waals surface area contributed by atoms with Gasteiger partial charge < -0.3 is 5.32 Å². The third-order valence-corrected chi connectivity index (χ3v) is 4.59. The Labute approximate surface area is 144 Å². The second-order valence-electron chi connectivity index (χ2n) is 6.21. The van der Waals surface area contributed by atoms with E-state index in [-0.39, 0.29) is 11.9 Å². The summed E-state index contributed by atoms with van der Waals surface area (Å²) in [6, 6.07) is 6.11. The van der Waals surface area contributed by atoms with Gasteiger partial charge >= 0.3 is 0 Å². The maximum absolute atomic E-state index is 12.4. The normalized spacial score (nSPS) is 20.3. The lowest BCUT2D eigenvalue weighted by atomic mass is 9.91. The minimum Gasteiger partial charge on any atom is -0.349 e. The number of amides is 1. The second kappa shape index (κ2) is 6.84. The molecule has 1 saturated carbocycles. The van der Waals surface area contributed by atoms with Gasteiger partial charge in [0.2, 0.25) is 0 Å². The molecule has 1 aliphatic rings. The molecule has 1 fully saturated rings. The second-order valence-corrected chi connectivity index (χ2v) is 6.21. The Kier molecular flexibility index (Phi) is 4.24. The summed E-state index contributed by atoms with van der Waals surface area (Å²) in [4.78, 5) is 20.6. The summed E-state index contributed by atoms with van der Waals surface area (Å²) in [5.74, 6) is 0.550. The molecule has 8 nitrogen and oxygen atoms in total. The minimum atomic E-state index is -0.0832. The van der Waals surface area contributed by atoms with Crippen molar-refractivity contribution in [2.45, 2.75) is 37.8 Å². The molecule has 8 heteroatoms. The fraction of sp³-hybridized carbons (Fsp3) is 0.353. The lowest BCUT2D eigenvalue weighted by Gasteiger charge is -2.29. The van der Waals surface area contributed by atoms with Crippen molar-refractivity contribution >= 4 is 5.91 Å². The number of aromatic nitrogens is 6. The topological polar surface area (TPSA) is 90.5 Å². The van der Waals surface area contributed by atoms with Crippen LogP contribution in [0.1, 0.15) is 42.1 Å². The Balaban J connectivity index is 1.33. The molecule has 0 saturated heterocycles. The zero-order valence-electron chi connectivity index (χ0n) is 13.7. The van der Waals surface area contributed by atoms with Crippen LogP contribution in [0.2, 0.25) is 0 Å². The fourth-order valence-corrected chi connectivity index (χ4v) is 3.23. The lowest BCUT2D eigenvalue weighted by Crippen LogP contribution is -2.38. The first-order chi connectivity index (χ1) is 12.3. The molecule has 0 atom stereocenters. The number of nitrogens with one attached hydrogen (secondary N) is 1. The van der Waals surface area contributed by atoms with E-state index in [1.54, 1.807) is 29.3 Å². The molecule has 0 aromatic carbocycles. The zero-order chi connectivity index (χ0) is 17.1. The Morgan fingerprint density at radius 1 is 1.16 bits per heavy atom. The number of nitrogens with zero attached hydrogens (tertiary/aromatic N) is 6. The number of hydrogen-bond acceptors (Lipinski definition) is 5. The molecule has 1 amide bonds. The van der Waals surface area contributed by atoms with Crippen LogP contribution in [-0.4, -0.2) is 41.5 Å². The summed E-state index contributed by atoms with van der Waals surface area (Å²) in [5.41, 5.74) is 0.554. The third kappa shape index (κ3) is 3.42. The molecule has 3 aromatic rings. The summed E-state index contributed by atoms with van der Waals surface area (Å²) in [5, 5.41) is 11.4. The summed E-state index contributed by atoms with van der Waals surface area (Å²) in [6.07, 6.45) is 12.4. The molecule has 4 rings (SSSR count). The van der Waals surface area contributed by atoms with Gasteiger partial charge in [-0.2, -0.15) is 10.2 Å². The summed E-state index contributed by atoms with van der Waals surface area (Å²) in [7, 11) is 0. The van der Waals surface area contributed by atoms with Gasteiger partial charge in [0.15, 0.2) is 5.82 Å². The highest BCUT2D eigenvalue weighted by molar-refractivity contribution is 5.94. The van der Waals surface area contributed by atoms with Crippen molar-refractivity contribution in [1.29, 1.82) is 0 Å². The van der Waals surface area contributed by atoms with Crippen LogP contribution in [0.5, 0.6) is 0 Å². The van der Waals surface area contributed by atoms with Gasteiger partial charge in [-0.1, -0.05) is 0 Å². The van der Waals surface area contributed by atoms with Crippen LogP contribution in [0.15, 0.2) is 49.4 Å². The van der Waals surface area contributed by atoms with Crippen LogP contribution in [0, 0.1) is 0 Å². The number of pyridine rings is 1. The molecular formula is C17H19N7O. The molecule has 1 N–H and O–H groups in total. The summed E-state index contributed by atoms with van der Waals surface area (Å²) < 4.78 is 3.57. The highest BCUT2D eigenvalue weighted by Crippen LogP contribution is 2.27. The molecular weight excluding hydrogens is 318 g/mol. The first-order valence-electron chi connectivity index (χ1n) is 8.40. The minimum absolute atomic E-state index is 0.0832. The van der Waals surface area contributed by atoms with Crippen LogP contribution in [0.3, 0.4) is 0 Å². The van der Waals surface area contributed by atoms with Gasteiger partial charge in [-0.05, 0) is 43.9 Å². The Morgan fingerprint density at radius 3 is 2.68 bits per heavy atom. The van der Waals surface area contributed by atoms with Crippen LogP contribution in [0.4, 0.5) is 0 Å². The van der Waals surface area contributed by atoms with Crippen LogP contribution >= 0.6 is 0 Å². The van der Waals surface area contributed by atoms with Crippen molar-refractivity contribution < 1.29 is 4.79 Å². The molecule has 3 heterocycles. The standard InChI is InChI=1S/C17H19N7O/c25-17(13-2-7-16(19-10-13)24-12-18-11-21-24)22-14-3-5-15(6-4-14)23-9-1-8-20-23/h1-2,7-12,14-15H,3-6H2,(H,22,25). The van der Waals surface area contributed by atoms with Gasteiger partial charge in [-0.3, -0.25) is 9.48 Å². The lowest BCUT2D eigenvalue weighted by molar-refractivity contribution is 0.0921. The van der Waals surface area contributed by atoms with Gasteiger partial charge in [0.05, 0.1) is 11.6 Å². The molecule has 25 heavy (non-hydrogen) atoms. The summed E-state index contributed by atoms with van der Waals surface area (Å²) in [6.45, 7) is 0. The Bertz CT molecular complexity index is 803. The monoisotopic (exact) mass is 337 g/mol. The third-order valence-electron chi connectivity index (χ3n) is 4.59. The highest BCUT2D eigenvalue weighted by atomic mass is 16.1. The van der Waals surface area contributed by atoms with Gasteiger partial charge in [-0.25, -0.2) is 14.6 Å². The van der Waals surface area contributed by atoms with E-state index in [2.05, 4.69) is 25.5 Å². The molecule has 0 radical (unpaired) electrons. The maximum Gasteiger partial charge on any atom is 0.253 e. The van der Waals surface area contributed by atoms with E-state index in [0.717, 1.165) is 25.7 Å². The first-order valence-corrected chi connectivity index (χ1v) is 8.40. The molecule has 0 bridgehead atoms. The largest absolute Gasteiger partial charge is 0.349 e. The number of rotatable bonds is 4. The van der Waals surface area contributed by atoms with E-state index in [1.165, 1.54) is 6.33 Å². The smallest absolute Gasteiger partial charge is 0.253 e. The highest BCUT2D eigenvalue weighted by Gasteiger charge is 2.24. The van der Waals surface area contributed by atoms with Crippen molar-refractivity contribution in [2.24, 2.45) is 0 Å². The van der Waals surface area contributed by atoms with Crippen molar-refractivity contribution in [3.63, 3.8) is 0 Å². The van der Waals surface area contributed by atoms with Gasteiger partial charge in [0, 0.05) is 24.6 Å². The zero-order valence-corrected chi connectivity index (χ0v) is 13.7. The van der Waals surface area contributed by atoms with Crippen molar-refractivity contribution in [2.75, 3.05) is 0 Å². The molecule has 1 aliphatic carbocycles. The molecule has 3 aromatic heterocycles. The first kappa shape index (κ1) is 15.5. The fourth-order valence-electron chi connectivity index (χ4n) is 3.23. The van der Waals surface area contributed by atoms with E-state index in [1.807, 2.05) is 23.1 Å². The number of hydrogen-bond donors (Lipinski definition) is 1. The van der Waals surface area contributed by atoms with Gasteiger partial charge in [-0.15, -0.1) is 0 Å². The van der Waals surface area contributed by atoms with Gasteiger partial charge in [0.25, 0.3) is 5.91 Å². The Hall–Kier alpha value is -3.03. The number of carbonyl (C=O) groups excluding carboxylic acids is 1. The average Bonchev–Trinajstić information content (AvgIpc) is 3.36. The van der Waals surface area contributed by atoms with Crippen molar-refractivity contribution in [1.82, 2.24) is 34.8 Å². The molecule has 0 spiro atoms. The predicted octanol–water partition coefficient (Wildman–Crippen LogP) is 1.77. The van der Waals surface area contributed by atoms with E-state index >= 15 is 0 Å². The summed E-state index contributed by atoms with van der Waals surface area (Å²) >= 11 is 0. The average molecular weight is 337 g/mol. The van der Waals surface area contributed by atoms with Crippen molar-refractivity contribution in [3.05, 3.63) is 55.0 Å². The maximum atomic E-state index is 12.4. The van der Waals surface area contributed by atoms with Crippen LogP contribution in [0.25, 0.3) is 5.82 Å². The SMILES string of the molecule is O=C(NC1CCC(n2cccn2)CC1)c1ccc(-n2cncn2)nc1. The van der Waals surface area contributed by atoms with Crippen LogP contribution < -0.4 is 5.32 Å². The van der Waals surface area contributed by atoms with E-state index in [0.29, 0.717) is 17.4 Å². The van der Waals surface area contributed by atoms with E-state index < -0.39 is 0 Å². The van der Waals surface area contributed by atoms with E-state index in [4.69, 9.17) is 0 Å². The number of carbonyl (C=O) groups is 1. The molecule has 0 aliphatic heterocycles. The Morgan fingerprint density at radius 2 is 2.04 bits per heavy atom.